The molecule has 3 aromatic heterocycles. The second-order valence-corrected chi connectivity index (χ2v) is 6.43. The van der Waals surface area contributed by atoms with Crippen molar-refractivity contribution in [3.8, 4) is 11.3 Å². The maximum atomic E-state index is 13.5. The van der Waals surface area contributed by atoms with Gasteiger partial charge >= 0.3 is 0 Å². The highest BCUT2D eigenvalue weighted by Gasteiger charge is 2.13. The predicted molar refractivity (Wildman–Crippen MR) is 103 cm³/mol. The lowest BCUT2D eigenvalue weighted by Crippen LogP contribution is -2.01. The largest absolute Gasteiger partial charge is 0.325 e. The van der Waals surface area contributed by atoms with Crippen LogP contribution in [0.25, 0.3) is 22.3 Å². The molecular formula is C19H17ClFN5. The standard InChI is InChI=1S/C19H15ClFN5.H2/c1-10-7-16(13-5-3-4-6-15(13)20)23-17(11(10)2)24-19-14-8-12(21)9-22-18(14)25-26-19;/h3-9H,1-2H3,(H2,22,23,24,25,26);1H. The Morgan fingerprint density at radius 2 is 2.00 bits per heavy atom. The van der Waals surface area contributed by atoms with Crippen molar-refractivity contribution in [1.29, 1.82) is 0 Å². The number of nitrogens with zero attached hydrogens (tertiary/aromatic N) is 3. The number of aromatic amines is 1. The molecular weight excluding hydrogens is 353 g/mol. The van der Waals surface area contributed by atoms with Crippen LogP contribution in [0.1, 0.15) is 12.6 Å². The Bertz CT molecular complexity index is 1130. The Hall–Kier alpha value is -2.99. The van der Waals surface area contributed by atoms with Crippen molar-refractivity contribution >= 4 is 34.3 Å². The fourth-order valence-corrected chi connectivity index (χ4v) is 2.99. The van der Waals surface area contributed by atoms with Gasteiger partial charge in [0.15, 0.2) is 5.65 Å². The summed E-state index contributed by atoms with van der Waals surface area (Å²) in [6, 6.07) is 10.9. The maximum absolute atomic E-state index is 13.5. The SMILES string of the molecule is Cc1cc(-c2ccccc2Cl)nc(Nc2[nH]nc3ncc(F)cc23)c1C.[HH]. The van der Waals surface area contributed by atoms with E-state index >= 15 is 0 Å². The van der Waals surface area contributed by atoms with Gasteiger partial charge < -0.3 is 5.32 Å². The molecule has 0 spiro atoms. The van der Waals surface area contributed by atoms with Crippen molar-refractivity contribution in [3.05, 3.63) is 64.6 Å². The molecule has 0 aliphatic rings. The van der Waals surface area contributed by atoms with Gasteiger partial charge in [0.2, 0.25) is 0 Å². The van der Waals surface area contributed by atoms with Crippen LogP contribution in [0.5, 0.6) is 0 Å². The van der Waals surface area contributed by atoms with Crippen molar-refractivity contribution in [3.63, 3.8) is 0 Å². The van der Waals surface area contributed by atoms with Gasteiger partial charge in [-0.1, -0.05) is 29.8 Å². The van der Waals surface area contributed by atoms with Crippen LogP contribution in [0.15, 0.2) is 42.6 Å². The fourth-order valence-electron chi connectivity index (χ4n) is 2.75. The lowest BCUT2D eigenvalue weighted by atomic mass is 10.1. The number of benzene rings is 1. The topological polar surface area (TPSA) is 66.5 Å². The van der Waals surface area contributed by atoms with Gasteiger partial charge in [-0.15, -0.1) is 0 Å². The highest BCUT2D eigenvalue weighted by atomic mass is 35.5. The Morgan fingerprint density at radius 1 is 1.19 bits per heavy atom. The summed E-state index contributed by atoms with van der Waals surface area (Å²) in [5.41, 5.74) is 4.08. The van der Waals surface area contributed by atoms with Gasteiger partial charge in [0.25, 0.3) is 0 Å². The van der Waals surface area contributed by atoms with Gasteiger partial charge in [-0.05, 0) is 43.2 Å². The molecule has 0 bridgehead atoms. The van der Waals surface area contributed by atoms with Crippen LogP contribution in [0.3, 0.4) is 0 Å². The minimum Gasteiger partial charge on any atom is -0.325 e. The molecule has 3 heterocycles. The normalized spacial score (nSPS) is 11.1. The molecule has 4 rings (SSSR count). The molecule has 0 fully saturated rings. The summed E-state index contributed by atoms with van der Waals surface area (Å²) in [6.07, 6.45) is 1.14. The van der Waals surface area contributed by atoms with Crippen LogP contribution in [0.2, 0.25) is 5.02 Å². The van der Waals surface area contributed by atoms with E-state index in [-0.39, 0.29) is 1.43 Å². The van der Waals surface area contributed by atoms with E-state index in [0.29, 0.717) is 27.7 Å². The quantitative estimate of drug-likeness (QED) is 0.506. The van der Waals surface area contributed by atoms with Crippen molar-refractivity contribution in [1.82, 2.24) is 20.2 Å². The zero-order valence-corrected chi connectivity index (χ0v) is 14.9. The molecule has 5 nitrogen and oxygen atoms in total. The molecule has 0 saturated heterocycles. The molecule has 2 N–H and O–H groups in total. The molecule has 7 heteroatoms. The van der Waals surface area contributed by atoms with Crippen LogP contribution in [0.4, 0.5) is 16.0 Å². The van der Waals surface area contributed by atoms with E-state index in [2.05, 4.69) is 20.5 Å². The number of H-pyrrole nitrogens is 1. The van der Waals surface area contributed by atoms with Crippen molar-refractivity contribution < 1.29 is 5.82 Å². The molecule has 1 aromatic carbocycles. The van der Waals surface area contributed by atoms with E-state index in [1.54, 1.807) is 0 Å². The van der Waals surface area contributed by atoms with Gasteiger partial charge in [0, 0.05) is 12.0 Å². The highest BCUT2D eigenvalue weighted by molar-refractivity contribution is 6.33. The zero-order chi connectivity index (χ0) is 18.3. The molecule has 26 heavy (non-hydrogen) atoms. The lowest BCUT2D eigenvalue weighted by molar-refractivity contribution is 0.624. The van der Waals surface area contributed by atoms with Crippen molar-refractivity contribution in [2.24, 2.45) is 0 Å². The van der Waals surface area contributed by atoms with E-state index in [1.807, 2.05) is 44.2 Å². The van der Waals surface area contributed by atoms with Gasteiger partial charge in [0.1, 0.15) is 17.5 Å². The van der Waals surface area contributed by atoms with E-state index in [4.69, 9.17) is 16.6 Å². The minimum atomic E-state index is -0.423. The molecule has 0 atom stereocenters. The first kappa shape index (κ1) is 16.5. The second kappa shape index (κ2) is 6.38. The second-order valence-electron chi connectivity index (χ2n) is 6.03. The van der Waals surface area contributed by atoms with Crippen molar-refractivity contribution in [2.75, 3.05) is 5.32 Å². The van der Waals surface area contributed by atoms with Gasteiger partial charge in [-0.3, -0.25) is 5.10 Å². The molecule has 0 aliphatic carbocycles. The molecule has 0 aliphatic heterocycles. The monoisotopic (exact) mass is 369 g/mol. The number of halogens is 2. The van der Waals surface area contributed by atoms with Crippen LogP contribution >= 0.6 is 11.6 Å². The first-order valence-corrected chi connectivity index (χ1v) is 8.40. The summed E-state index contributed by atoms with van der Waals surface area (Å²) >= 11 is 6.32. The summed E-state index contributed by atoms with van der Waals surface area (Å²) in [6.45, 7) is 3.98. The third kappa shape index (κ3) is 2.88. The molecule has 0 unspecified atom stereocenters. The number of aryl methyl sites for hydroxylation is 1. The molecule has 132 valence electrons. The number of fused-ring (bicyclic) bond motifs is 1. The third-order valence-corrected chi connectivity index (χ3v) is 4.63. The van der Waals surface area contributed by atoms with Gasteiger partial charge in [0.05, 0.1) is 17.3 Å². The Balaban J connectivity index is 0.00000210. The Kier molecular flexibility index (Phi) is 4.05. The summed E-state index contributed by atoms with van der Waals surface area (Å²) in [5, 5.41) is 11.3. The Labute approximate surface area is 155 Å². The van der Waals surface area contributed by atoms with E-state index in [1.165, 1.54) is 6.07 Å². The Morgan fingerprint density at radius 3 is 2.81 bits per heavy atom. The average molecular weight is 370 g/mol. The molecule has 4 aromatic rings. The van der Waals surface area contributed by atoms with Crippen LogP contribution in [-0.4, -0.2) is 20.2 Å². The molecule has 0 amide bonds. The lowest BCUT2D eigenvalue weighted by Gasteiger charge is -2.13. The number of pyridine rings is 2. The number of nitrogens with one attached hydrogen (secondary N) is 2. The first-order valence-electron chi connectivity index (χ1n) is 8.02. The molecule has 0 saturated carbocycles. The highest BCUT2D eigenvalue weighted by Crippen LogP contribution is 2.31. The number of hydrogen-bond acceptors (Lipinski definition) is 4. The summed E-state index contributed by atoms with van der Waals surface area (Å²) in [5.74, 6) is 0.765. The maximum Gasteiger partial charge on any atom is 0.183 e. The average Bonchev–Trinajstić information content (AvgIpc) is 3.01. The van der Waals surface area contributed by atoms with Gasteiger partial charge in [-0.2, -0.15) is 5.10 Å². The number of aromatic nitrogens is 4. The number of rotatable bonds is 3. The van der Waals surface area contributed by atoms with E-state index < -0.39 is 5.82 Å². The van der Waals surface area contributed by atoms with E-state index in [9.17, 15) is 4.39 Å². The molecule has 0 radical (unpaired) electrons. The number of anilines is 2. The zero-order valence-electron chi connectivity index (χ0n) is 14.1. The minimum absolute atomic E-state index is 0. The third-order valence-electron chi connectivity index (χ3n) is 4.30. The first-order chi connectivity index (χ1) is 12.5. The number of hydrogen-bond donors (Lipinski definition) is 2. The van der Waals surface area contributed by atoms with Crippen molar-refractivity contribution in [2.45, 2.75) is 13.8 Å². The van der Waals surface area contributed by atoms with E-state index in [0.717, 1.165) is 28.6 Å². The predicted octanol–water partition coefficient (Wildman–Crippen LogP) is 5.42. The summed E-state index contributed by atoms with van der Waals surface area (Å²) in [7, 11) is 0. The summed E-state index contributed by atoms with van der Waals surface area (Å²) in [4.78, 5) is 8.68. The van der Waals surface area contributed by atoms with Gasteiger partial charge in [-0.25, -0.2) is 14.4 Å². The smallest absolute Gasteiger partial charge is 0.183 e. The summed E-state index contributed by atoms with van der Waals surface area (Å²) < 4.78 is 13.5. The fraction of sp³-hybridized carbons (Fsp3) is 0.105. The van der Waals surface area contributed by atoms with Crippen LogP contribution in [-0.2, 0) is 0 Å². The van der Waals surface area contributed by atoms with Crippen LogP contribution < -0.4 is 5.32 Å². The van der Waals surface area contributed by atoms with Crippen LogP contribution in [0, 0.1) is 19.7 Å².